The lowest BCUT2D eigenvalue weighted by Crippen LogP contribution is -2.50. The van der Waals surface area contributed by atoms with Crippen LogP contribution in [0.3, 0.4) is 0 Å². The van der Waals surface area contributed by atoms with Gasteiger partial charge < -0.3 is 4.74 Å². The monoisotopic (exact) mass is 296 g/mol. The van der Waals surface area contributed by atoms with Gasteiger partial charge in [-0.25, -0.2) is 0 Å². The molecule has 2 aliphatic rings. The van der Waals surface area contributed by atoms with E-state index < -0.39 is 0 Å². The lowest BCUT2D eigenvalue weighted by molar-refractivity contribution is 0.0256. The molecule has 0 aromatic heterocycles. The molecule has 1 unspecified atom stereocenters. The van der Waals surface area contributed by atoms with E-state index >= 15 is 0 Å². The zero-order chi connectivity index (χ0) is 13.7. The lowest BCUT2D eigenvalue weighted by Gasteiger charge is -2.46. The maximum absolute atomic E-state index is 12.4. The Bertz CT molecular complexity index is 541. The Labute approximate surface area is 122 Å². The fourth-order valence-corrected chi connectivity index (χ4v) is 4.70. The second-order valence-electron chi connectivity index (χ2n) is 6.36. The van der Waals surface area contributed by atoms with Crippen molar-refractivity contribution < 1.29 is 9.53 Å². The third-order valence-corrected chi connectivity index (χ3v) is 5.66. The average Bonchev–Trinajstić information content (AvgIpc) is 2.29. The molecule has 0 radical (unpaired) electrons. The number of hydrogen-bond acceptors (Lipinski definition) is 3. The van der Waals surface area contributed by atoms with Crippen molar-refractivity contribution in [1.82, 2.24) is 0 Å². The Morgan fingerprint density at radius 3 is 2.84 bits per heavy atom. The summed E-state index contributed by atoms with van der Waals surface area (Å²) in [6.07, 6.45) is 1.40. The van der Waals surface area contributed by atoms with Crippen molar-refractivity contribution in [3.63, 3.8) is 0 Å². The number of ether oxygens (including phenoxy) is 1. The van der Waals surface area contributed by atoms with Crippen LogP contribution in [0.5, 0.6) is 5.75 Å². The SMILES string of the molecule is CC1(C)CSCC2(CC(=O)c3cc(Cl)ccc3O2)C1. The summed E-state index contributed by atoms with van der Waals surface area (Å²) < 4.78 is 6.22. The van der Waals surface area contributed by atoms with Crippen LogP contribution in [0, 0.1) is 5.41 Å². The number of carbonyl (C=O) groups is 1. The maximum Gasteiger partial charge on any atom is 0.170 e. The van der Waals surface area contributed by atoms with Crippen molar-refractivity contribution in [1.29, 1.82) is 0 Å². The summed E-state index contributed by atoms with van der Waals surface area (Å²) in [5.74, 6) is 2.87. The van der Waals surface area contributed by atoms with E-state index in [-0.39, 0.29) is 16.8 Å². The normalized spacial score (nSPS) is 28.9. The first-order chi connectivity index (χ1) is 8.89. The molecule has 3 rings (SSSR count). The highest BCUT2D eigenvalue weighted by molar-refractivity contribution is 7.99. The van der Waals surface area contributed by atoms with Crippen LogP contribution in [0.25, 0.3) is 0 Å². The molecule has 4 heteroatoms. The first-order valence-corrected chi connectivity index (χ1v) is 8.02. The van der Waals surface area contributed by atoms with Gasteiger partial charge in [-0.2, -0.15) is 11.8 Å². The number of thioether (sulfide) groups is 1. The fraction of sp³-hybridized carbons (Fsp3) is 0.533. The maximum atomic E-state index is 12.4. The molecular formula is C15H17ClO2S. The molecule has 2 heterocycles. The Morgan fingerprint density at radius 2 is 2.11 bits per heavy atom. The molecule has 1 aromatic carbocycles. The fourth-order valence-electron chi connectivity index (χ4n) is 3.13. The Balaban J connectivity index is 1.96. The molecule has 0 N–H and O–H groups in total. The number of Topliss-reactive ketones (excluding diaryl/α,β-unsaturated/α-hetero) is 1. The number of rotatable bonds is 0. The van der Waals surface area contributed by atoms with E-state index in [1.165, 1.54) is 0 Å². The largest absolute Gasteiger partial charge is 0.485 e. The second-order valence-corrected chi connectivity index (χ2v) is 7.78. The second kappa shape index (κ2) is 4.42. The number of benzene rings is 1. The van der Waals surface area contributed by atoms with Gasteiger partial charge >= 0.3 is 0 Å². The summed E-state index contributed by atoms with van der Waals surface area (Å²) in [4.78, 5) is 12.4. The van der Waals surface area contributed by atoms with Crippen LogP contribution >= 0.6 is 23.4 Å². The number of fused-ring (bicyclic) bond motifs is 1. The minimum absolute atomic E-state index is 0.155. The molecule has 1 atom stereocenters. The molecule has 1 saturated heterocycles. The van der Waals surface area contributed by atoms with E-state index in [2.05, 4.69) is 13.8 Å². The zero-order valence-corrected chi connectivity index (χ0v) is 12.7. The van der Waals surface area contributed by atoms with Gasteiger partial charge in [-0.15, -0.1) is 0 Å². The quantitative estimate of drug-likeness (QED) is 0.717. The van der Waals surface area contributed by atoms with Crippen LogP contribution in [-0.2, 0) is 0 Å². The smallest absolute Gasteiger partial charge is 0.170 e. The molecule has 1 aromatic rings. The average molecular weight is 297 g/mol. The topological polar surface area (TPSA) is 26.3 Å². The third kappa shape index (κ3) is 2.50. The summed E-state index contributed by atoms with van der Waals surface area (Å²) in [5.41, 5.74) is 0.517. The van der Waals surface area contributed by atoms with Gasteiger partial charge in [-0.3, -0.25) is 4.79 Å². The van der Waals surface area contributed by atoms with Crippen molar-refractivity contribution in [2.45, 2.75) is 32.3 Å². The first-order valence-electron chi connectivity index (χ1n) is 6.49. The van der Waals surface area contributed by atoms with Crippen molar-refractivity contribution in [2.24, 2.45) is 5.41 Å². The molecule has 1 fully saturated rings. The molecular weight excluding hydrogens is 280 g/mol. The summed E-state index contributed by atoms with van der Waals surface area (Å²) >= 11 is 7.84. The molecule has 2 aliphatic heterocycles. The number of ketones is 1. The summed E-state index contributed by atoms with van der Waals surface area (Å²) in [7, 11) is 0. The van der Waals surface area contributed by atoms with Gasteiger partial charge in [-0.05, 0) is 35.8 Å². The van der Waals surface area contributed by atoms with Crippen LogP contribution in [0.15, 0.2) is 18.2 Å². The van der Waals surface area contributed by atoms with Crippen LogP contribution in [0.2, 0.25) is 5.02 Å². The van der Waals surface area contributed by atoms with Crippen molar-refractivity contribution in [3.05, 3.63) is 28.8 Å². The highest BCUT2D eigenvalue weighted by Gasteiger charge is 2.46. The Kier molecular flexibility index (Phi) is 3.10. The van der Waals surface area contributed by atoms with E-state index in [0.717, 1.165) is 17.9 Å². The molecule has 0 saturated carbocycles. The predicted molar refractivity (Wildman–Crippen MR) is 79.5 cm³/mol. The minimum Gasteiger partial charge on any atom is -0.485 e. The van der Waals surface area contributed by atoms with Gasteiger partial charge in [-0.1, -0.05) is 25.4 Å². The number of halogens is 1. The molecule has 102 valence electrons. The number of carbonyl (C=O) groups excluding carboxylic acids is 1. The van der Waals surface area contributed by atoms with Crippen LogP contribution in [0.1, 0.15) is 37.0 Å². The van der Waals surface area contributed by atoms with Gasteiger partial charge in [0.1, 0.15) is 11.4 Å². The predicted octanol–water partition coefficient (Wildman–Crippen LogP) is 4.21. The van der Waals surface area contributed by atoms with Gasteiger partial charge in [0.25, 0.3) is 0 Å². The highest BCUT2D eigenvalue weighted by Crippen LogP contribution is 2.46. The summed E-state index contributed by atoms with van der Waals surface area (Å²) in [6, 6.07) is 5.32. The summed E-state index contributed by atoms with van der Waals surface area (Å²) in [6.45, 7) is 4.48. The van der Waals surface area contributed by atoms with Gasteiger partial charge in [0.15, 0.2) is 5.78 Å². The molecule has 0 amide bonds. The molecule has 2 nitrogen and oxygen atoms in total. The summed E-state index contributed by atoms with van der Waals surface area (Å²) in [5, 5.41) is 0.588. The van der Waals surface area contributed by atoms with E-state index in [9.17, 15) is 4.79 Å². The number of hydrogen-bond donors (Lipinski definition) is 0. The van der Waals surface area contributed by atoms with Gasteiger partial charge in [0, 0.05) is 10.8 Å². The van der Waals surface area contributed by atoms with Gasteiger partial charge in [0.2, 0.25) is 0 Å². The van der Waals surface area contributed by atoms with Crippen molar-refractivity contribution in [2.75, 3.05) is 11.5 Å². The van der Waals surface area contributed by atoms with E-state index in [1.807, 2.05) is 17.8 Å². The lowest BCUT2D eigenvalue weighted by atomic mass is 9.77. The molecule has 1 spiro atoms. The van der Waals surface area contributed by atoms with Crippen LogP contribution in [0.4, 0.5) is 0 Å². The Morgan fingerprint density at radius 1 is 1.32 bits per heavy atom. The van der Waals surface area contributed by atoms with Crippen LogP contribution < -0.4 is 4.74 Å². The Hall–Kier alpha value is -0.670. The van der Waals surface area contributed by atoms with Gasteiger partial charge in [0.05, 0.1) is 12.0 Å². The van der Waals surface area contributed by atoms with Crippen molar-refractivity contribution >= 4 is 29.1 Å². The van der Waals surface area contributed by atoms with Crippen LogP contribution in [-0.4, -0.2) is 22.9 Å². The molecule has 0 aliphatic carbocycles. The van der Waals surface area contributed by atoms with Crippen molar-refractivity contribution in [3.8, 4) is 5.75 Å². The minimum atomic E-state index is -0.329. The van der Waals surface area contributed by atoms with E-state index in [0.29, 0.717) is 22.8 Å². The highest BCUT2D eigenvalue weighted by atomic mass is 35.5. The molecule has 19 heavy (non-hydrogen) atoms. The van der Waals surface area contributed by atoms with E-state index in [1.54, 1.807) is 12.1 Å². The third-order valence-electron chi connectivity index (χ3n) is 3.71. The standard InChI is InChI=1S/C15H17ClO2S/c1-14(2)7-15(9-19-8-14)6-12(17)11-5-10(16)3-4-13(11)18-15/h3-5H,6-9H2,1-2H3. The first kappa shape index (κ1) is 13.3. The zero-order valence-electron chi connectivity index (χ0n) is 11.2. The van der Waals surface area contributed by atoms with E-state index in [4.69, 9.17) is 16.3 Å². The molecule has 0 bridgehead atoms.